The lowest BCUT2D eigenvalue weighted by Gasteiger charge is -2.06. The molecule has 6 nitrogen and oxygen atoms in total. The Kier molecular flexibility index (Phi) is 5.20. The molecule has 0 aromatic carbocycles. The second-order valence-electron chi connectivity index (χ2n) is 5.78. The topological polar surface area (TPSA) is 92.2 Å². The van der Waals surface area contributed by atoms with Crippen LogP contribution in [-0.4, -0.2) is 33.5 Å². The first-order valence-electron chi connectivity index (χ1n) is 8.08. The van der Waals surface area contributed by atoms with Gasteiger partial charge in [0.1, 0.15) is 5.69 Å². The van der Waals surface area contributed by atoms with E-state index < -0.39 is 5.97 Å². The number of aromatic nitrogens is 2. The first-order valence-corrected chi connectivity index (χ1v) is 8.90. The molecule has 2 heterocycles. The molecule has 7 heteroatoms. The smallest absolute Gasteiger partial charge is 0.354 e. The predicted molar refractivity (Wildman–Crippen MR) is 90.6 cm³/mol. The Balaban J connectivity index is 1.47. The molecule has 0 radical (unpaired) electrons. The van der Waals surface area contributed by atoms with E-state index in [0.717, 1.165) is 30.7 Å². The summed E-state index contributed by atoms with van der Waals surface area (Å²) in [6.45, 7) is 0.536. The second-order valence-corrected chi connectivity index (χ2v) is 6.95. The molecule has 3 rings (SSSR count). The molecular formula is C17H19N3O3S. The Morgan fingerprint density at radius 3 is 2.92 bits per heavy atom. The minimum Gasteiger partial charge on any atom is -0.477 e. The molecule has 2 aromatic heterocycles. The summed E-state index contributed by atoms with van der Waals surface area (Å²) in [6.07, 6.45) is 7.74. The summed E-state index contributed by atoms with van der Waals surface area (Å²) in [6, 6.07) is 2.79. The minimum absolute atomic E-state index is 0.129. The number of aromatic carboxylic acids is 1. The van der Waals surface area contributed by atoms with Gasteiger partial charge in [0.15, 0.2) is 0 Å². The summed E-state index contributed by atoms with van der Waals surface area (Å²) < 4.78 is 0. The van der Waals surface area contributed by atoms with Crippen LogP contribution < -0.4 is 5.32 Å². The summed E-state index contributed by atoms with van der Waals surface area (Å²) >= 11 is 1.80. The number of thiazole rings is 1. The molecule has 0 bridgehead atoms. The van der Waals surface area contributed by atoms with Gasteiger partial charge in [-0.1, -0.05) is 0 Å². The van der Waals surface area contributed by atoms with Crippen LogP contribution in [0.25, 0.3) is 0 Å². The zero-order valence-corrected chi connectivity index (χ0v) is 14.1. The van der Waals surface area contributed by atoms with Crippen molar-refractivity contribution in [2.24, 2.45) is 0 Å². The lowest BCUT2D eigenvalue weighted by atomic mass is 10.0. The van der Waals surface area contributed by atoms with Crippen molar-refractivity contribution in [3.63, 3.8) is 0 Å². The molecule has 0 atom stereocenters. The number of carbonyl (C=O) groups is 2. The van der Waals surface area contributed by atoms with Crippen molar-refractivity contribution >= 4 is 23.2 Å². The molecule has 1 amide bonds. The van der Waals surface area contributed by atoms with Gasteiger partial charge in [0.25, 0.3) is 5.91 Å². The minimum atomic E-state index is -1.14. The number of carboxylic acid groups (broad SMARTS) is 1. The predicted octanol–water partition coefficient (Wildman–Crippen LogP) is 2.48. The van der Waals surface area contributed by atoms with Crippen LogP contribution in [0.5, 0.6) is 0 Å². The lowest BCUT2D eigenvalue weighted by molar-refractivity contribution is 0.0690. The van der Waals surface area contributed by atoms with E-state index in [1.807, 2.05) is 0 Å². The fourth-order valence-electron chi connectivity index (χ4n) is 2.74. The van der Waals surface area contributed by atoms with E-state index in [0.29, 0.717) is 12.1 Å². The zero-order chi connectivity index (χ0) is 16.9. The number of rotatable bonds is 6. The molecule has 0 saturated heterocycles. The molecule has 24 heavy (non-hydrogen) atoms. The van der Waals surface area contributed by atoms with Gasteiger partial charge in [-0.2, -0.15) is 0 Å². The van der Waals surface area contributed by atoms with Crippen LogP contribution in [0.4, 0.5) is 0 Å². The van der Waals surface area contributed by atoms with E-state index in [-0.39, 0.29) is 11.6 Å². The van der Waals surface area contributed by atoms with E-state index in [1.165, 1.54) is 41.7 Å². The van der Waals surface area contributed by atoms with E-state index in [2.05, 4.69) is 15.3 Å². The van der Waals surface area contributed by atoms with Crippen molar-refractivity contribution in [3.8, 4) is 0 Å². The third kappa shape index (κ3) is 3.97. The second kappa shape index (κ2) is 7.53. The number of nitrogens with zero attached hydrogens (tertiary/aromatic N) is 2. The Bertz CT molecular complexity index is 734. The lowest BCUT2D eigenvalue weighted by Crippen LogP contribution is -2.25. The number of fused-ring (bicyclic) bond motifs is 1. The molecule has 0 fully saturated rings. The van der Waals surface area contributed by atoms with Crippen LogP contribution in [0.15, 0.2) is 18.3 Å². The molecular weight excluding hydrogens is 326 g/mol. The molecule has 0 unspecified atom stereocenters. The van der Waals surface area contributed by atoms with Crippen molar-refractivity contribution < 1.29 is 14.7 Å². The molecule has 2 aromatic rings. The highest BCUT2D eigenvalue weighted by molar-refractivity contribution is 7.11. The van der Waals surface area contributed by atoms with Crippen molar-refractivity contribution in [2.75, 3.05) is 6.54 Å². The first-order chi connectivity index (χ1) is 11.6. The Morgan fingerprint density at radius 2 is 2.12 bits per heavy atom. The van der Waals surface area contributed by atoms with E-state index in [9.17, 15) is 9.59 Å². The number of aryl methyl sites for hydroxylation is 3. The highest BCUT2D eigenvalue weighted by Crippen LogP contribution is 2.27. The van der Waals surface area contributed by atoms with Crippen LogP contribution in [0.1, 0.15) is 55.7 Å². The zero-order valence-electron chi connectivity index (χ0n) is 13.2. The number of nitrogens with one attached hydrogen (secondary N) is 1. The number of pyridine rings is 1. The van der Waals surface area contributed by atoms with Crippen molar-refractivity contribution in [3.05, 3.63) is 45.2 Å². The van der Waals surface area contributed by atoms with Crippen molar-refractivity contribution in [1.29, 1.82) is 0 Å². The van der Waals surface area contributed by atoms with Crippen LogP contribution >= 0.6 is 11.3 Å². The summed E-state index contributed by atoms with van der Waals surface area (Å²) in [5, 5.41) is 12.9. The number of carbonyl (C=O) groups excluding carboxylic acids is 1. The van der Waals surface area contributed by atoms with E-state index in [1.54, 1.807) is 11.3 Å². The summed E-state index contributed by atoms with van der Waals surface area (Å²) in [7, 11) is 0. The normalized spacial score (nSPS) is 13.3. The third-order valence-electron chi connectivity index (χ3n) is 3.98. The van der Waals surface area contributed by atoms with Crippen LogP contribution in [-0.2, 0) is 19.3 Å². The fourth-order valence-corrected chi connectivity index (χ4v) is 3.94. The van der Waals surface area contributed by atoms with Crippen LogP contribution in [0.2, 0.25) is 0 Å². The highest BCUT2D eigenvalue weighted by atomic mass is 32.1. The van der Waals surface area contributed by atoms with Gasteiger partial charge in [0.05, 0.1) is 10.7 Å². The quantitative estimate of drug-likeness (QED) is 0.785. The van der Waals surface area contributed by atoms with Gasteiger partial charge in [-0.05, 0) is 44.2 Å². The van der Waals surface area contributed by atoms with Gasteiger partial charge in [-0.3, -0.25) is 4.79 Å². The molecule has 2 N–H and O–H groups in total. The van der Waals surface area contributed by atoms with Crippen molar-refractivity contribution in [1.82, 2.24) is 15.3 Å². The number of amides is 1. The largest absolute Gasteiger partial charge is 0.477 e. The maximum absolute atomic E-state index is 12.0. The first kappa shape index (κ1) is 16.6. The van der Waals surface area contributed by atoms with Crippen LogP contribution in [0, 0.1) is 0 Å². The highest BCUT2D eigenvalue weighted by Gasteiger charge is 2.15. The third-order valence-corrected chi connectivity index (χ3v) is 5.20. The van der Waals surface area contributed by atoms with Gasteiger partial charge >= 0.3 is 5.97 Å². The Morgan fingerprint density at radius 1 is 1.29 bits per heavy atom. The molecule has 0 spiro atoms. The standard InChI is InChI=1S/C17H19N3O3S/c21-16(11-7-9-18-13(10-11)17(22)23)19-8-3-6-15-20-12-4-1-2-5-14(12)24-15/h7,9-10H,1-6,8H2,(H,19,21)(H,22,23). The average molecular weight is 345 g/mol. The Labute approximate surface area is 144 Å². The van der Waals surface area contributed by atoms with Gasteiger partial charge in [0, 0.05) is 29.6 Å². The monoisotopic (exact) mass is 345 g/mol. The van der Waals surface area contributed by atoms with Gasteiger partial charge in [0.2, 0.25) is 0 Å². The number of hydrogen-bond acceptors (Lipinski definition) is 5. The molecule has 0 aliphatic heterocycles. The number of hydrogen-bond donors (Lipinski definition) is 2. The molecule has 126 valence electrons. The average Bonchev–Trinajstić information content (AvgIpc) is 3.01. The summed E-state index contributed by atoms with van der Waals surface area (Å²) in [5.41, 5.74) is 1.45. The maximum Gasteiger partial charge on any atom is 0.354 e. The number of carboxylic acids is 1. The molecule has 1 aliphatic carbocycles. The summed E-state index contributed by atoms with van der Waals surface area (Å²) in [4.78, 5) is 32.7. The summed E-state index contributed by atoms with van der Waals surface area (Å²) in [5.74, 6) is -1.42. The Hall–Kier alpha value is -2.28. The maximum atomic E-state index is 12.0. The molecule has 0 saturated carbocycles. The van der Waals surface area contributed by atoms with E-state index >= 15 is 0 Å². The van der Waals surface area contributed by atoms with Gasteiger partial charge < -0.3 is 10.4 Å². The van der Waals surface area contributed by atoms with Crippen molar-refractivity contribution in [2.45, 2.75) is 38.5 Å². The van der Waals surface area contributed by atoms with Crippen LogP contribution in [0.3, 0.4) is 0 Å². The van der Waals surface area contributed by atoms with Gasteiger partial charge in [-0.15, -0.1) is 11.3 Å². The molecule has 1 aliphatic rings. The fraction of sp³-hybridized carbons (Fsp3) is 0.412. The SMILES string of the molecule is O=C(NCCCc1nc2c(s1)CCCC2)c1ccnc(C(=O)O)c1. The van der Waals surface area contributed by atoms with Gasteiger partial charge in [-0.25, -0.2) is 14.8 Å². The van der Waals surface area contributed by atoms with E-state index in [4.69, 9.17) is 5.11 Å².